The molecule has 2 N–H and O–H groups in total. The zero-order valence-electron chi connectivity index (χ0n) is 16.2. The van der Waals surface area contributed by atoms with Crippen LogP contribution in [-0.4, -0.2) is 38.3 Å². The van der Waals surface area contributed by atoms with Crippen molar-refractivity contribution in [1.29, 1.82) is 0 Å². The molecule has 1 unspecified atom stereocenters. The van der Waals surface area contributed by atoms with Crippen LogP contribution in [0, 0.1) is 0 Å². The minimum atomic E-state index is -1.07. The van der Waals surface area contributed by atoms with Gasteiger partial charge in [0.25, 0.3) is 11.8 Å². The van der Waals surface area contributed by atoms with E-state index in [1.54, 1.807) is 61.5 Å². The van der Waals surface area contributed by atoms with Crippen LogP contribution < -0.4 is 10.2 Å². The quantitative estimate of drug-likeness (QED) is 0.416. The van der Waals surface area contributed by atoms with E-state index in [0.29, 0.717) is 21.3 Å². The van der Waals surface area contributed by atoms with Gasteiger partial charge in [0.05, 0.1) is 10.5 Å². The monoisotopic (exact) mass is 520 g/mol. The van der Waals surface area contributed by atoms with Crippen LogP contribution in [0.3, 0.4) is 0 Å². The molecule has 1 aliphatic rings. The predicted octanol–water partition coefficient (Wildman–Crippen LogP) is 4.24. The molecule has 0 saturated carbocycles. The van der Waals surface area contributed by atoms with Gasteiger partial charge in [-0.3, -0.25) is 15.0 Å². The highest BCUT2D eigenvalue weighted by Crippen LogP contribution is 2.34. The number of benzene rings is 2. The number of thiocarbonyl (C=S) groups is 1. The van der Waals surface area contributed by atoms with Gasteiger partial charge in [0.2, 0.25) is 0 Å². The molecule has 160 valence electrons. The molecule has 7 nitrogen and oxygen atoms in total. The standard InChI is InChI=1S/C21H17BrN2O5S2/c1-2-15(20(27)28)29-16-10-6-3-7-12(16)11-17-19(26)24(21(30)31-17)23-18(25)13-8-4-5-9-14(13)22/h3-11,15H,2H2,1H3,(H,23,25)(H,27,28)/b17-11+. The van der Waals surface area contributed by atoms with Crippen LogP contribution in [0.2, 0.25) is 0 Å². The Hall–Kier alpha value is -2.69. The van der Waals surface area contributed by atoms with Crippen LogP contribution in [0.15, 0.2) is 57.9 Å². The van der Waals surface area contributed by atoms with Gasteiger partial charge in [0.15, 0.2) is 10.4 Å². The number of halogens is 1. The smallest absolute Gasteiger partial charge is 0.344 e. The molecule has 0 aliphatic carbocycles. The van der Waals surface area contributed by atoms with Gasteiger partial charge in [-0.2, -0.15) is 5.01 Å². The number of thioether (sulfide) groups is 1. The number of carboxylic acids is 1. The van der Waals surface area contributed by atoms with Crippen molar-refractivity contribution in [3.8, 4) is 5.75 Å². The zero-order valence-corrected chi connectivity index (χ0v) is 19.4. The lowest BCUT2D eigenvalue weighted by molar-refractivity contribution is -0.145. The first-order valence-corrected chi connectivity index (χ1v) is 11.2. The number of rotatable bonds is 7. The summed E-state index contributed by atoms with van der Waals surface area (Å²) in [6.45, 7) is 1.71. The maximum Gasteiger partial charge on any atom is 0.344 e. The minimum absolute atomic E-state index is 0.173. The molecule has 31 heavy (non-hydrogen) atoms. The Bertz CT molecular complexity index is 1090. The fraction of sp³-hybridized carbons (Fsp3) is 0.143. The van der Waals surface area contributed by atoms with Crippen molar-refractivity contribution in [3.63, 3.8) is 0 Å². The summed E-state index contributed by atoms with van der Waals surface area (Å²) in [5.41, 5.74) is 3.41. The lowest BCUT2D eigenvalue weighted by Gasteiger charge is -2.16. The van der Waals surface area contributed by atoms with Gasteiger partial charge < -0.3 is 9.84 Å². The second kappa shape index (κ2) is 10.1. The Morgan fingerprint density at radius 1 is 1.26 bits per heavy atom. The van der Waals surface area contributed by atoms with Gasteiger partial charge in [0, 0.05) is 10.0 Å². The first kappa shape index (κ1) is 23.0. The van der Waals surface area contributed by atoms with Crippen molar-refractivity contribution in [2.75, 3.05) is 0 Å². The number of hydrazine groups is 1. The fourth-order valence-corrected chi connectivity index (χ4v) is 4.32. The first-order chi connectivity index (χ1) is 14.8. The molecule has 2 aromatic rings. The topological polar surface area (TPSA) is 95.9 Å². The van der Waals surface area contributed by atoms with Crippen molar-refractivity contribution in [2.45, 2.75) is 19.4 Å². The van der Waals surface area contributed by atoms with Gasteiger partial charge in [0.1, 0.15) is 5.75 Å². The normalized spacial score (nSPS) is 15.8. The summed E-state index contributed by atoms with van der Waals surface area (Å²) in [7, 11) is 0. The molecule has 0 radical (unpaired) electrons. The highest BCUT2D eigenvalue weighted by Gasteiger charge is 2.34. The summed E-state index contributed by atoms with van der Waals surface area (Å²) in [5, 5.41) is 10.3. The van der Waals surface area contributed by atoms with Crippen LogP contribution in [0.1, 0.15) is 29.3 Å². The summed E-state index contributed by atoms with van der Waals surface area (Å²) >= 11 is 9.59. The molecule has 0 bridgehead atoms. The maximum atomic E-state index is 12.9. The van der Waals surface area contributed by atoms with E-state index in [9.17, 15) is 19.5 Å². The average molecular weight is 521 g/mol. The molecule has 3 rings (SSSR count). The van der Waals surface area contributed by atoms with Crippen molar-refractivity contribution in [3.05, 3.63) is 69.0 Å². The summed E-state index contributed by atoms with van der Waals surface area (Å²) in [5.74, 6) is -1.71. The zero-order chi connectivity index (χ0) is 22.5. The highest BCUT2D eigenvalue weighted by atomic mass is 79.9. The molecule has 0 spiro atoms. The molecular weight excluding hydrogens is 504 g/mol. The van der Waals surface area contributed by atoms with Gasteiger partial charge in [-0.25, -0.2) is 4.79 Å². The third-order valence-corrected chi connectivity index (χ3v) is 6.24. The summed E-state index contributed by atoms with van der Waals surface area (Å²) in [6.07, 6.45) is 0.841. The van der Waals surface area contributed by atoms with Crippen molar-refractivity contribution < 1.29 is 24.2 Å². The molecule has 1 heterocycles. The second-order valence-electron chi connectivity index (χ2n) is 6.33. The van der Waals surface area contributed by atoms with Crippen LogP contribution in [-0.2, 0) is 9.59 Å². The number of para-hydroxylation sites is 1. The molecule has 2 amide bonds. The number of carbonyl (C=O) groups is 3. The van der Waals surface area contributed by atoms with E-state index < -0.39 is 23.9 Å². The number of carboxylic acid groups (broad SMARTS) is 1. The maximum absolute atomic E-state index is 12.9. The third-order valence-electron chi connectivity index (χ3n) is 4.25. The number of hydrogen-bond acceptors (Lipinski definition) is 6. The largest absolute Gasteiger partial charge is 0.479 e. The average Bonchev–Trinajstić information content (AvgIpc) is 3.00. The Balaban J connectivity index is 1.82. The molecule has 1 atom stereocenters. The van der Waals surface area contributed by atoms with Gasteiger partial charge in [-0.05, 0) is 58.8 Å². The van der Waals surface area contributed by atoms with E-state index in [1.807, 2.05) is 0 Å². The van der Waals surface area contributed by atoms with E-state index in [0.717, 1.165) is 16.8 Å². The molecular formula is C21H17BrN2O5S2. The van der Waals surface area contributed by atoms with Crippen LogP contribution in [0.25, 0.3) is 6.08 Å². The fourth-order valence-electron chi connectivity index (χ4n) is 2.68. The van der Waals surface area contributed by atoms with Crippen molar-refractivity contribution in [2.24, 2.45) is 0 Å². The van der Waals surface area contributed by atoms with Crippen LogP contribution in [0.5, 0.6) is 5.75 Å². The van der Waals surface area contributed by atoms with Crippen LogP contribution >= 0.6 is 39.9 Å². The van der Waals surface area contributed by atoms with Crippen molar-refractivity contribution >= 4 is 68.1 Å². The van der Waals surface area contributed by atoms with E-state index in [1.165, 1.54) is 0 Å². The number of carbonyl (C=O) groups excluding carboxylic acids is 2. The Labute approximate surface area is 196 Å². The lowest BCUT2D eigenvalue weighted by atomic mass is 10.1. The molecule has 1 saturated heterocycles. The van der Waals surface area contributed by atoms with E-state index in [-0.39, 0.29) is 15.6 Å². The van der Waals surface area contributed by atoms with E-state index in [4.69, 9.17) is 17.0 Å². The number of aliphatic carboxylic acids is 1. The first-order valence-electron chi connectivity index (χ1n) is 9.13. The van der Waals surface area contributed by atoms with Crippen LogP contribution in [0.4, 0.5) is 0 Å². The summed E-state index contributed by atoms with van der Waals surface area (Å²) < 4.78 is 6.36. The lowest BCUT2D eigenvalue weighted by Crippen LogP contribution is -2.44. The summed E-state index contributed by atoms with van der Waals surface area (Å²) in [4.78, 5) is 37.0. The number of amides is 2. The number of nitrogens with zero attached hydrogens (tertiary/aromatic N) is 1. The van der Waals surface area contributed by atoms with Crippen molar-refractivity contribution in [1.82, 2.24) is 10.4 Å². The Kier molecular flexibility index (Phi) is 7.47. The number of ether oxygens (including phenoxy) is 1. The molecule has 1 fully saturated rings. The van der Waals surface area contributed by atoms with Gasteiger partial charge in [-0.1, -0.05) is 49.0 Å². The van der Waals surface area contributed by atoms with E-state index in [2.05, 4.69) is 21.4 Å². The molecule has 10 heteroatoms. The number of nitrogens with one attached hydrogen (secondary N) is 1. The Morgan fingerprint density at radius 3 is 2.61 bits per heavy atom. The third kappa shape index (κ3) is 5.33. The molecule has 2 aromatic carbocycles. The molecule has 1 aliphatic heterocycles. The second-order valence-corrected chi connectivity index (χ2v) is 8.86. The van der Waals surface area contributed by atoms with Gasteiger partial charge >= 0.3 is 5.97 Å². The summed E-state index contributed by atoms with van der Waals surface area (Å²) in [6, 6.07) is 13.6. The number of hydrogen-bond donors (Lipinski definition) is 2. The van der Waals surface area contributed by atoms with E-state index >= 15 is 0 Å². The predicted molar refractivity (Wildman–Crippen MR) is 125 cm³/mol. The minimum Gasteiger partial charge on any atom is -0.479 e. The highest BCUT2D eigenvalue weighted by molar-refractivity contribution is 9.10. The molecule has 0 aromatic heterocycles. The SMILES string of the molecule is CCC(Oc1ccccc1/C=C1/SC(=S)N(NC(=O)c2ccccc2Br)C1=O)C(=O)O. The van der Waals surface area contributed by atoms with Gasteiger partial charge in [-0.15, -0.1) is 0 Å². The Morgan fingerprint density at radius 2 is 1.94 bits per heavy atom.